The molecule has 7 heteroatoms. The van der Waals surface area contributed by atoms with Crippen LogP contribution in [0.2, 0.25) is 0 Å². The lowest BCUT2D eigenvalue weighted by molar-refractivity contribution is -0.143. The van der Waals surface area contributed by atoms with Gasteiger partial charge in [0.25, 0.3) is 0 Å². The number of aliphatic carboxylic acids is 1. The second-order valence-electron chi connectivity index (χ2n) is 8.61. The topological polar surface area (TPSA) is 95.9 Å². The SMILES string of the molecule is CC(C)(C)OC(=O)N[C@@H](Cc1ccccc1)[C@@H](O)C[C@@H](Cc1ccc(F)cc1)C(=O)O. The number of rotatable bonds is 9. The summed E-state index contributed by atoms with van der Waals surface area (Å²) < 4.78 is 18.4. The number of carbonyl (C=O) groups excluding carboxylic acids is 1. The van der Waals surface area contributed by atoms with Gasteiger partial charge in [0.15, 0.2) is 0 Å². The standard InChI is InChI=1S/C24H30FNO5/c1-24(2,3)31-23(30)26-20(14-16-7-5-4-6-8-16)21(27)15-18(22(28)29)13-17-9-11-19(25)12-10-17/h4-12,18,20-21,27H,13-15H2,1-3H3,(H,26,30)(H,28,29)/t18-,20+,21+/m1/s1. The number of hydrogen-bond acceptors (Lipinski definition) is 4. The second kappa shape index (κ2) is 10.9. The number of nitrogens with one attached hydrogen (secondary N) is 1. The molecule has 0 radical (unpaired) electrons. The summed E-state index contributed by atoms with van der Waals surface area (Å²) in [6, 6.07) is 14.1. The third-order valence-corrected chi connectivity index (χ3v) is 4.74. The molecule has 0 aromatic heterocycles. The number of aliphatic hydroxyl groups is 1. The van der Waals surface area contributed by atoms with E-state index in [1.807, 2.05) is 30.3 Å². The van der Waals surface area contributed by atoms with E-state index in [-0.39, 0.29) is 12.8 Å². The number of halogens is 1. The predicted octanol–water partition coefficient (Wildman–Crippen LogP) is 3.96. The Morgan fingerprint density at radius 3 is 2.13 bits per heavy atom. The average Bonchev–Trinajstić information content (AvgIpc) is 2.67. The molecule has 168 valence electrons. The summed E-state index contributed by atoms with van der Waals surface area (Å²) in [7, 11) is 0. The van der Waals surface area contributed by atoms with Crippen molar-refractivity contribution in [3.05, 3.63) is 71.5 Å². The summed E-state index contributed by atoms with van der Waals surface area (Å²) in [5.41, 5.74) is 0.826. The molecule has 0 aliphatic rings. The van der Waals surface area contributed by atoms with E-state index >= 15 is 0 Å². The van der Waals surface area contributed by atoms with E-state index in [2.05, 4.69) is 5.32 Å². The first kappa shape index (κ1) is 24.3. The van der Waals surface area contributed by atoms with Gasteiger partial charge in [0.05, 0.1) is 18.1 Å². The Bertz CT molecular complexity index is 849. The molecule has 0 spiro atoms. The normalized spacial score (nSPS) is 14.4. The highest BCUT2D eigenvalue weighted by molar-refractivity contribution is 5.70. The van der Waals surface area contributed by atoms with Crippen molar-refractivity contribution >= 4 is 12.1 Å². The van der Waals surface area contributed by atoms with Crippen molar-refractivity contribution in [2.24, 2.45) is 5.92 Å². The Balaban J connectivity index is 2.14. The molecule has 2 rings (SSSR count). The van der Waals surface area contributed by atoms with Crippen LogP contribution in [-0.4, -0.2) is 40.0 Å². The van der Waals surface area contributed by atoms with Crippen molar-refractivity contribution < 1.29 is 28.9 Å². The van der Waals surface area contributed by atoms with Gasteiger partial charge in [-0.2, -0.15) is 0 Å². The number of carbonyl (C=O) groups is 2. The minimum absolute atomic E-state index is 0.0833. The molecule has 0 aliphatic heterocycles. The predicted molar refractivity (Wildman–Crippen MR) is 115 cm³/mol. The van der Waals surface area contributed by atoms with Gasteiger partial charge >= 0.3 is 12.1 Å². The van der Waals surface area contributed by atoms with E-state index < -0.39 is 41.5 Å². The highest BCUT2D eigenvalue weighted by Gasteiger charge is 2.29. The molecule has 0 saturated heterocycles. The lowest BCUT2D eigenvalue weighted by Gasteiger charge is -2.28. The van der Waals surface area contributed by atoms with Crippen molar-refractivity contribution in [3.8, 4) is 0 Å². The molecule has 2 aromatic rings. The first-order valence-electron chi connectivity index (χ1n) is 10.2. The molecule has 6 nitrogen and oxygen atoms in total. The summed E-state index contributed by atoms with van der Waals surface area (Å²) in [4.78, 5) is 24.1. The third kappa shape index (κ3) is 8.76. The third-order valence-electron chi connectivity index (χ3n) is 4.74. The van der Waals surface area contributed by atoms with Crippen LogP contribution in [0, 0.1) is 11.7 Å². The number of carboxylic acids is 1. The Hall–Kier alpha value is -2.93. The molecule has 0 unspecified atom stereocenters. The largest absolute Gasteiger partial charge is 0.481 e. The average molecular weight is 432 g/mol. The molecule has 3 atom stereocenters. The fraction of sp³-hybridized carbons (Fsp3) is 0.417. The minimum atomic E-state index is -1.13. The van der Waals surface area contributed by atoms with E-state index in [4.69, 9.17) is 4.74 Å². The van der Waals surface area contributed by atoms with Crippen LogP contribution in [0.15, 0.2) is 54.6 Å². The summed E-state index contributed by atoms with van der Waals surface area (Å²) in [6.45, 7) is 5.20. The number of carboxylic acid groups (broad SMARTS) is 1. The Morgan fingerprint density at radius 1 is 1.00 bits per heavy atom. The van der Waals surface area contributed by atoms with E-state index in [0.29, 0.717) is 12.0 Å². The molecule has 3 N–H and O–H groups in total. The quantitative estimate of drug-likeness (QED) is 0.559. The van der Waals surface area contributed by atoms with Crippen LogP contribution in [0.25, 0.3) is 0 Å². The van der Waals surface area contributed by atoms with Gasteiger partial charge in [0.2, 0.25) is 0 Å². The first-order valence-corrected chi connectivity index (χ1v) is 10.2. The van der Waals surface area contributed by atoms with Crippen LogP contribution in [0.5, 0.6) is 0 Å². The first-order chi connectivity index (χ1) is 14.5. The van der Waals surface area contributed by atoms with Crippen LogP contribution in [-0.2, 0) is 22.4 Å². The highest BCUT2D eigenvalue weighted by Crippen LogP contribution is 2.19. The maximum atomic E-state index is 13.1. The molecule has 0 bridgehead atoms. The van der Waals surface area contributed by atoms with Gasteiger partial charge in [-0.1, -0.05) is 42.5 Å². The number of benzene rings is 2. The van der Waals surface area contributed by atoms with Gasteiger partial charge in [0.1, 0.15) is 11.4 Å². The van der Waals surface area contributed by atoms with E-state index in [0.717, 1.165) is 5.56 Å². The van der Waals surface area contributed by atoms with Gasteiger partial charge in [-0.05, 0) is 63.3 Å². The fourth-order valence-electron chi connectivity index (χ4n) is 3.24. The van der Waals surface area contributed by atoms with Crippen LogP contribution < -0.4 is 5.32 Å². The van der Waals surface area contributed by atoms with Crippen molar-refractivity contribution in [2.45, 2.75) is 57.8 Å². The zero-order chi connectivity index (χ0) is 23.0. The zero-order valence-corrected chi connectivity index (χ0v) is 18.0. The lowest BCUT2D eigenvalue weighted by atomic mass is 9.89. The molecular weight excluding hydrogens is 401 g/mol. The number of ether oxygens (including phenoxy) is 1. The smallest absolute Gasteiger partial charge is 0.407 e. The van der Waals surface area contributed by atoms with Gasteiger partial charge in [-0.15, -0.1) is 0 Å². The molecule has 0 fully saturated rings. The zero-order valence-electron chi connectivity index (χ0n) is 18.0. The number of hydrogen-bond donors (Lipinski definition) is 3. The summed E-state index contributed by atoms with van der Waals surface area (Å²) in [5, 5.41) is 23.2. The Kier molecular flexibility index (Phi) is 8.56. The number of amides is 1. The summed E-state index contributed by atoms with van der Waals surface area (Å²) in [6.07, 6.45) is -1.45. The van der Waals surface area contributed by atoms with Crippen LogP contribution in [0.4, 0.5) is 9.18 Å². The van der Waals surface area contributed by atoms with Gasteiger partial charge in [0, 0.05) is 0 Å². The molecular formula is C24H30FNO5. The monoisotopic (exact) mass is 431 g/mol. The van der Waals surface area contributed by atoms with Crippen molar-refractivity contribution in [1.82, 2.24) is 5.32 Å². The van der Waals surface area contributed by atoms with Crippen LogP contribution in [0.1, 0.15) is 38.3 Å². The Labute approximate surface area is 182 Å². The molecule has 0 aliphatic carbocycles. The maximum Gasteiger partial charge on any atom is 0.407 e. The lowest BCUT2D eigenvalue weighted by Crippen LogP contribution is -2.47. The second-order valence-corrected chi connectivity index (χ2v) is 8.61. The van der Waals surface area contributed by atoms with Gasteiger partial charge < -0.3 is 20.3 Å². The van der Waals surface area contributed by atoms with E-state index in [9.17, 15) is 24.2 Å². The molecule has 0 heterocycles. The van der Waals surface area contributed by atoms with Gasteiger partial charge in [-0.25, -0.2) is 9.18 Å². The van der Waals surface area contributed by atoms with Crippen LogP contribution >= 0.6 is 0 Å². The summed E-state index contributed by atoms with van der Waals surface area (Å²) >= 11 is 0. The molecule has 2 aromatic carbocycles. The van der Waals surface area contributed by atoms with E-state index in [1.165, 1.54) is 24.3 Å². The van der Waals surface area contributed by atoms with Crippen molar-refractivity contribution in [2.75, 3.05) is 0 Å². The molecule has 1 amide bonds. The highest BCUT2D eigenvalue weighted by atomic mass is 19.1. The molecule has 0 saturated carbocycles. The van der Waals surface area contributed by atoms with Crippen molar-refractivity contribution in [1.29, 1.82) is 0 Å². The van der Waals surface area contributed by atoms with Crippen LogP contribution in [0.3, 0.4) is 0 Å². The number of alkyl carbamates (subject to hydrolysis) is 1. The fourth-order valence-corrected chi connectivity index (χ4v) is 3.24. The van der Waals surface area contributed by atoms with E-state index in [1.54, 1.807) is 20.8 Å². The summed E-state index contributed by atoms with van der Waals surface area (Å²) in [5.74, 6) is -2.38. The minimum Gasteiger partial charge on any atom is -0.481 e. The van der Waals surface area contributed by atoms with Crippen molar-refractivity contribution in [3.63, 3.8) is 0 Å². The van der Waals surface area contributed by atoms with Gasteiger partial charge in [-0.3, -0.25) is 4.79 Å². The Morgan fingerprint density at radius 2 is 1.58 bits per heavy atom. The number of aliphatic hydroxyl groups excluding tert-OH is 1. The molecule has 31 heavy (non-hydrogen) atoms. The maximum absolute atomic E-state index is 13.1.